The quantitative estimate of drug-likeness (QED) is 0.840. The van der Waals surface area contributed by atoms with Crippen molar-refractivity contribution in [3.8, 4) is 0 Å². The van der Waals surface area contributed by atoms with Crippen LogP contribution in [0.4, 0.5) is 0 Å². The molecule has 0 fully saturated rings. The molecule has 102 valence electrons. The summed E-state index contributed by atoms with van der Waals surface area (Å²) in [7, 11) is 0. The number of benzene rings is 1. The van der Waals surface area contributed by atoms with E-state index in [1.165, 1.54) is 17.5 Å². The van der Waals surface area contributed by atoms with Crippen LogP contribution in [0.2, 0.25) is 0 Å². The van der Waals surface area contributed by atoms with Gasteiger partial charge in [-0.3, -0.25) is 4.79 Å². The molecule has 0 radical (unpaired) electrons. The molecule has 2 rings (SSSR count). The number of nitrogens with two attached hydrogens (primary N) is 1. The van der Waals surface area contributed by atoms with Crippen LogP contribution >= 0.6 is 12.2 Å². The molecule has 1 aliphatic carbocycles. The minimum atomic E-state index is 0.0318. The first kappa shape index (κ1) is 14.0. The molecule has 3 nitrogen and oxygen atoms in total. The van der Waals surface area contributed by atoms with Gasteiger partial charge >= 0.3 is 0 Å². The predicted molar refractivity (Wildman–Crippen MR) is 81.4 cm³/mol. The van der Waals surface area contributed by atoms with Gasteiger partial charge in [-0.25, -0.2) is 0 Å². The Hall–Kier alpha value is -1.42. The number of aryl methyl sites for hydroxylation is 2. The van der Waals surface area contributed by atoms with Gasteiger partial charge in [0.2, 0.25) is 0 Å². The Morgan fingerprint density at radius 1 is 1.37 bits per heavy atom. The average Bonchev–Trinajstić information content (AvgIpc) is 2.84. The molecular formula is C15H20N2OS. The summed E-state index contributed by atoms with van der Waals surface area (Å²) >= 11 is 4.92. The van der Waals surface area contributed by atoms with Gasteiger partial charge in [0.1, 0.15) is 0 Å². The van der Waals surface area contributed by atoms with Crippen molar-refractivity contribution in [2.45, 2.75) is 32.6 Å². The maximum atomic E-state index is 12.5. The number of thiocarbonyl (C=S) groups is 1. The molecule has 19 heavy (non-hydrogen) atoms. The van der Waals surface area contributed by atoms with E-state index in [1.54, 1.807) is 4.90 Å². The zero-order chi connectivity index (χ0) is 13.8. The molecule has 1 aromatic carbocycles. The van der Waals surface area contributed by atoms with E-state index in [0.29, 0.717) is 18.1 Å². The molecule has 1 amide bonds. The summed E-state index contributed by atoms with van der Waals surface area (Å²) in [4.78, 5) is 14.6. The van der Waals surface area contributed by atoms with Gasteiger partial charge in [-0.15, -0.1) is 0 Å². The highest BCUT2D eigenvalue weighted by Gasteiger charge is 2.18. The number of rotatable bonds is 5. The molecule has 0 saturated heterocycles. The smallest absolute Gasteiger partial charge is 0.254 e. The fraction of sp³-hybridized carbons (Fsp3) is 0.467. The molecule has 0 saturated carbocycles. The normalized spacial score (nSPS) is 13.1. The molecule has 1 aromatic rings. The fourth-order valence-corrected chi connectivity index (χ4v) is 2.75. The third kappa shape index (κ3) is 3.32. The van der Waals surface area contributed by atoms with Crippen LogP contribution in [0.5, 0.6) is 0 Å². The highest BCUT2D eigenvalue weighted by atomic mass is 32.1. The van der Waals surface area contributed by atoms with E-state index in [9.17, 15) is 4.79 Å². The Labute approximate surface area is 119 Å². The van der Waals surface area contributed by atoms with Gasteiger partial charge in [-0.2, -0.15) is 0 Å². The number of nitrogens with zero attached hydrogens (tertiary/aromatic N) is 1. The zero-order valence-electron chi connectivity index (χ0n) is 11.3. The van der Waals surface area contributed by atoms with Crippen molar-refractivity contribution >= 4 is 23.1 Å². The third-order valence-electron chi connectivity index (χ3n) is 3.47. The highest BCUT2D eigenvalue weighted by molar-refractivity contribution is 7.80. The van der Waals surface area contributed by atoms with Crippen LogP contribution in [0.25, 0.3) is 0 Å². The van der Waals surface area contributed by atoms with Gasteiger partial charge in [0, 0.05) is 12.1 Å². The lowest BCUT2D eigenvalue weighted by atomic mass is 10.1. The number of fused-ring (bicyclic) bond motifs is 1. The Bertz CT molecular complexity index is 499. The Kier molecular flexibility index (Phi) is 4.53. The predicted octanol–water partition coefficient (Wildman–Crippen LogP) is 2.31. The minimum absolute atomic E-state index is 0.0318. The van der Waals surface area contributed by atoms with E-state index in [4.69, 9.17) is 18.0 Å². The SMILES string of the molecule is CCCN(CC(N)=S)C(=O)c1ccc2c(c1)CCC2. The van der Waals surface area contributed by atoms with Gasteiger partial charge < -0.3 is 10.6 Å². The van der Waals surface area contributed by atoms with E-state index in [0.717, 1.165) is 24.8 Å². The number of hydrogen-bond acceptors (Lipinski definition) is 2. The van der Waals surface area contributed by atoms with Crippen LogP contribution in [0, 0.1) is 0 Å². The summed E-state index contributed by atoms with van der Waals surface area (Å²) in [6.45, 7) is 3.09. The van der Waals surface area contributed by atoms with E-state index in [2.05, 4.69) is 6.07 Å². The molecule has 1 aliphatic rings. The van der Waals surface area contributed by atoms with Gasteiger partial charge in [0.15, 0.2) is 0 Å². The topological polar surface area (TPSA) is 46.3 Å². The molecule has 0 atom stereocenters. The van der Waals surface area contributed by atoms with E-state index in [-0.39, 0.29) is 5.91 Å². The molecule has 0 bridgehead atoms. The van der Waals surface area contributed by atoms with Crippen LogP contribution in [0.1, 0.15) is 41.3 Å². The van der Waals surface area contributed by atoms with Crippen molar-refractivity contribution in [2.24, 2.45) is 5.73 Å². The first-order valence-electron chi connectivity index (χ1n) is 6.81. The van der Waals surface area contributed by atoms with Crippen molar-refractivity contribution in [1.29, 1.82) is 0 Å². The van der Waals surface area contributed by atoms with Crippen molar-refractivity contribution < 1.29 is 4.79 Å². The summed E-state index contributed by atoms with van der Waals surface area (Å²) < 4.78 is 0. The van der Waals surface area contributed by atoms with Gasteiger partial charge in [0.05, 0.1) is 11.5 Å². The molecule has 0 aliphatic heterocycles. The van der Waals surface area contributed by atoms with Crippen LogP contribution in [-0.4, -0.2) is 28.9 Å². The summed E-state index contributed by atoms with van der Waals surface area (Å²) in [6, 6.07) is 6.04. The largest absolute Gasteiger partial charge is 0.392 e. The molecule has 0 spiro atoms. The van der Waals surface area contributed by atoms with Crippen molar-refractivity contribution in [3.63, 3.8) is 0 Å². The van der Waals surface area contributed by atoms with Crippen LogP contribution in [-0.2, 0) is 12.8 Å². The van der Waals surface area contributed by atoms with Crippen LogP contribution in [0.15, 0.2) is 18.2 Å². The number of carbonyl (C=O) groups excluding carboxylic acids is 1. The highest BCUT2D eigenvalue weighted by Crippen LogP contribution is 2.23. The van der Waals surface area contributed by atoms with E-state index >= 15 is 0 Å². The number of hydrogen-bond donors (Lipinski definition) is 1. The third-order valence-corrected chi connectivity index (χ3v) is 3.60. The van der Waals surface area contributed by atoms with Crippen LogP contribution in [0.3, 0.4) is 0 Å². The van der Waals surface area contributed by atoms with E-state index in [1.807, 2.05) is 19.1 Å². The van der Waals surface area contributed by atoms with Crippen molar-refractivity contribution in [3.05, 3.63) is 34.9 Å². The molecule has 0 unspecified atom stereocenters. The monoisotopic (exact) mass is 276 g/mol. The average molecular weight is 276 g/mol. The lowest BCUT2D eigenvalue weighted by Gasteiger charge is -2.21. The second-order valence-corrected chi connectivity index (χ2v) is 5.55. The summed E-state index contributed by atoms with van der Waals surface area (Å²) in [5.41, 5.74) is 9.02. The van der Waals surface area contributed by atoms with Crippen molar-refractivity contribution in [2.75, 3.05) is 13.1 Å². The Morgan fingerprint density at radius 2 is 2.11 bits per heavy atom. The molecular weight excluding hydrogens is 256 g/mol. The summed E-state index contributed by atoms with van der Waals surface area (Å²) in [6.07, 6.45) is 4.31. The molecule has 0 heterocycles. The lowest BCUT2D eigenvalue weighted by Crippen LogP contribution is -2.38. The maximum absolute atomic E-state index is 12.5. The van der Waals surface area contributed by atoms with Gasteiger partial charge in [-0.05, 0) is 48.9 Å². The van der Waals surface area contributed by atoms with Gasteiger partial charge in [-0.1, -0.05) is 25.2 Å². The molecule has 2 N–H and O–H groups in total. The molecule has 4 heteroatoms. The first-order chi connectivity index (χ1) is 9.11. The second kappa shape index (κ2) is 6.15. The zero-order valence-corrected chi connectivity index (χ0v) is 12.1. The Balaban J connectivity index is 2.18. The maximum Gasteiger partial charge on any atom is 0.254 e. The lowest BCUT2D eigenvalue weighted by molar-refractivity contribution is 0.0780. The number of carbonyl (C=O) groups is 1. The minimum Gasteiger partial charge on any atom is -0.392 e. The van der Waals surface area contributed by atoms with Gasteiger partial charge in [0.25, 0.3) is 5.91 Å². The van der Waals surface area contributed by atoms with Crippen molar-refractivity contribution in [1.82, 2.24) is 4.90 Å². The molecule has 0 aromatic heterocycles. The number of amides is 1. The first-order valence-corrected chi connectivity index (χ1v) is 7.22. The Morgan fingerprint density at radius 3 is 2.79 bits per heavy atom. The summed E-state index contributed by atoms with van der Waals surface area (Å²) in [5, 5.41) is 0. The fourth-order valence-electron chi connectivity index (χ4n) is 2.60. The standard InChI is InChI=1S/C15H20N2OS/c1-2-8-17(10-14(16)19)15(18)13-7-6-11-4-3-5-12(11)9-13/h6-7,9H,2-5,8,10H2,1H3,(H2,16,19). The van der Waals surface area contributed by atoms with Crippen LogP contribution < -0.4 is 5.73 Å². The van der Waals surface area contributed by atoms with E-state index < -0.39 is 0 Å². The summed E-state index contributed by atoms with van der Waals surface area (Å²) in [5.74, 6) is 0.0318. The second-order valence-electron chi connectivity index (χ2n) is 5.03.